The Bertz CT molecular complexity index is 230. The van der Waals surface area contributed by atoms with Gasteiger partial charge in [-0.25, -0.2) is 0 Å². The fourth-order valence-corrected chi connectivity index (χ4v) is 2.52. The lowest BCUT2D eigenvalue weighted by atomic mass is 9.82. The molecule has 4 heteroatoms. The summed E-state index contributed by atoms with van der Waals surface area (Å²) < 4.78 is 5.71. The number of hydrogen-bond acceptors (Lipinski definition) is 4. The van der Waals surface area contributed by atoms with Crippen molar-refractivity contribution in [3.8, 4) is 0 Å². The van der Waals surface area contributed by atoms with Crippen LogP contribution in [0.2, 0.25) is 0 Å². The third-order valence-corrected chi connectivity index (χ3v) is 3.52. The van der Waals surface area contributed by atoms with Gasteiger partial charge in [-0.2, -0.15) is 0 Å². The first-order valence-corrected chi connectivity index (χ1v) is 6.51. The van der Waals surface area contributed by atoms with E-state index in [-0.39, 0.29) is 36.3 Å². The Hall–Kier alpha value is -0.160. The monoisotopic (exact) mass is 244 g/mol. The molecule has 0 radical (unpaired) electrons. The Morgan fingerprint density at radius 1 is 1.29 bits per heavy atom. The van der Waals surface area contributed by atoms with Gasteiger partial charge in [0.1, 0.15) is 0 Å². The third kappa shape index (κ3) is 3.91. The van der Waals surface area contributed by atoms with Gasteiger partial charge in [0.05, 0.1) is 18.8 Å². The molecule has 0 aromatic heterocycles. The Morgan fingerprint density at radius 2 is 1.76 bits per heavy atom. The minimum absolute atomic E-state index is 0.00181. The van der Waals surface area contributed by atoms with E-state index in [1.54, 1.807) is 0 Å². The number of hydrogen-bond donors (Lipinski definition) is 2. The summed E-state index contributed by atoms with van der Waals surface area (Å²) in [7, 11) is 0. The zero-order valence-corrected chi connectivity index (χ0v) is 11.8. The molecule has 0 amide bonds. The summed E-state index contributed by atoms with van der Waals surface area (Å²) in [4.78, 5) is 2.27. The van der Waals surface area contributed by atoms with Crippen molar-refractivity contribution < 1.29 is 9.84 Å². The van der Waals surface area contributed by atoms with Crippen molar-refractivity contribution in [1.29, 1.82) is 0 Å². The van der Waals surface area contributed by atoms with Crippen LogP contribution in [-0.4, -0.2) is 54.0 Å². The Kier molecular flexibility index (Phi) is 4.95. The van der Waals surface area contributed by atoms with Crippen LogP contribution in [0.1, 0.15) is 34.6 Å². The molecular formula is C13H28N2O2. The van der Waals surface area contributed by atoms with Crippen LogP contribution in [0.5, 0.6) is 0 Å². The third-order valence-electron chi connectivity index (χ3n) is 3.52. The molecule has 2 unspecified atom stereocenters. The smallest absolute Gasteiger partial charge is 0.0678 e. The first-order chi connectivity index (χ1) is 7.75. The SMILES string of the molecule is C[C@@H]1CN(C(CO)C(N)C(C)(C)C)C[C@H](C)O1. The van der Waals surface area contributed by atoms with Gasteiger partial charge in [-0.1, -0.05) is 20.8 Å². The minimum atomic E-state index is -0.0370. The van der Waals surface area contributed by atoms with Gasteiger partial charge in [0.2, 0.25) is 0 Å². The molecule has 0 aromatic carbocycles. The summed E-state index contributed by atoms with van der Waals surface area (Å²) in [5.41, 5.74) is 6.28. The van der Waals surface area contributed by atoms with E-state index in [9.17, 15) is 5.11 Å². The molecule has 0 aromatic rings. The van der Waals surface area contributed by atoms with E-state index in [1.807, 2.05) is 0 Å². The van der Waals surface area contributed by atoms with Crippen LogP contribution in [0.3, 0.4) is 0 Å². The summed E-state index contributed by atoms with van der Waals surface area (Å²) in [5.74, 6) is 0. The lowest BCUT2D eigenvalue weighted by Gasteiger charge is -2.44. The highest BCUT2D eigenvalue weighted by atomic mass is 16.5. The molecule has 1 aliphatic heterocycles. The molecule has 0 saturated carbocycles. The van der Waals surface area contributed by atoms with E-state index in [1.165, 1.54) is 0 Å². The first-order valence-electron chi connectivity index (χ1n) is 6.51. The fraction of sp³-hybridized carbons (Fsp3) is 1.00. The molecule has 3 N–H and O–H groups in total. The molecule has 1 rings (SSSR count). The average Bonchev–Trinajstić information content (AvgIpc) is 2.15. The molecule has 1 heterocycles. The van der Waals surface area contributed by atoms with Crippen LogP contribution < -0.4 is 5.73 Å². The number of morpholine rings is 1. The quantitative estimate of drug-likeness (QED) is 0.772. The summed E-state index contributed by atoms with van der Waals surface area (Å²) in [6, 6.07) is -0.0196. The minimum Gasteiger partial charge on any atom is -0.395 e. The zero-order valence-electron chi connectivity index (χ0n) is 11.8. The van der Waals surface area contributed by atoms with Gasteiger partial charge in [-0.05, 0) is 19.3 Å². The number of ether oxygens (including phenoxy) is 1. The van der Waals surface area contributed by atoms with Crippen LogP contribution in [0, 0.1) is 5.41 Å². The Morgan fingerprint density at radius 3 is 2.12 bits per heavy atom. The molecule has 1 aliphatic rings. The van der Waals surface area contributed by atoms with Crippen LogP contribution >= 0.6 is 0 Å². The first kappa shape index (κ1) is 14.9. The summed E-state index contributed by atoms with van der Waals surface area (Å²) >= 11 is 0. The molecule has 1 saturated heterocycles. The summed E-state index contributed by atoms with van der Waals surface area (Å²) in [6.07, 6.45) is 0.417. The van der Waals surface area contributed by atoms with Gasteiger partial charge in [0.15, 0.2) is 0 Å². The molecular weight excluding hydrogens is 216 g/mol. The standard InChI is InChI=1S/C13H28N2O2/c1-9-6-15(7-10(2)17-9)11(8-16)12(14)13(3,4)5/h9-12,16H,6-8,14H2,1-5H3/t9-,10+,11?,12?. The fourth-order valence-electron chi connectivity index (χ4n) is 2.52. The molecule has 17 heavy (non-hydrogen) atoms. The molecule has 4 nitrogen and oxygen atoms in total. The maximum absolute atomic E-state index is 9.62. The van der Waals surface area contributed by atoms with Crippen molar-refractivity contribution in [2.75, 3.05) is 19.7 Å². The highest BCUT2D eigenvalue weighted by Gasteiger charge is 2.35. The number of nitrogens with zero attached hydrogens (tertiary/aromatic N) is 1. The van der Waals surface area contributed by atoms with Crippen molar-refractivity contribution in [2.45, 2.75) is 58.9 Å². The lowest BCUT2D eigenvalue weighted by molar-refractivity contribution is -0.0930. The van der Waals surface area contributed by atoms with Gasteiger partial charge in [-0.15, -0.1) is 0 Å². The van der Waals surface area contributed by atoms with E-state index in [0.29, 0.717) is 0 Å². The molecule has 0 spiro atoms. The van der Waals surface area contributed by atoms with Crippen molar-refractivity contribution in [3.63, 3.8) is 0 Å². The van der Waals surface area contributed by atoms with E-state index >= 15 is 0 Å². The largest absolute Gasteiger partial charge is 0.395 e. The van der Waals surface area contributed by atoms with Gasteiger partial charge >= 0.3 is 0 Å². The van der Waals surface area contributed by atoms with Crippen LogP contribution in [0.4, 0.5) is 0 Å². The van der Waals surface area contributed by atoms with Crippen LogP contribution in [-0.2, 0) is 4.74 Å². The average molecular weight is 244 g/mol. The maximum atomic E-state index is 9.62. The second-order valence-electron chi connectivity index (χ2n) is 6.35. The summed E-state index contributed by atoms with van der Waals surface area (Å²) in [5, 5.41) is 9.62. The maximum Gasteiger partial charge on any atom is 0.0678 e. The highest BCUT2D eigenvalue weighted by Crippen LogP contribution is 2.24. The normalized spacial score (nSPS) is 31.2. The predicted octanol–water partition coefficient (Wildman–Crippen LogP) is 0.830. The van der Waals surface area contributed by atoms with Crippen LogP contribution in [0.15, 0.2) is 0 Å². The van der Waals surface area contributed by atoms with Crippen LogP contribution in [0.25, 0.3) is 0 Å². The molecule has 4 atom stereocenters. The van der Waals surface area contributed by atoms with Crippen molar-refractivity contribution in [2.24, 2.45) is 11.1 Å². The number of aliphatic hydroxyl groups excluding tert-OH is 1. The van der Waals surface area contributed by atoms with Crippen molar-refractivity contribution in [1.82, 2.24) is 4.90 Å². The van der Waals surface area contributed by atoms with E-state index < -0.39 is 0 Å². The molecule has 102 valence electrons. The van der Waals surface area contributed by atoms with Gasteiger partial charge in [-0.3, -0.25) is 4.90 Å². The second kappa shape index (κ2) is 5.65. The van der Waals surface area contributed by atoms with Gasteiger partial charge < -0.3 is 15.6 Å². The predicted molar refractivity (Wildman–Crippen MR) is 69.9 cm³/mol. The molecule has 1 fully saturated rings. The van der Waals surface area contributed by atoms with Crippen molar-refractivity contribution >= 4 is 0 Å². The highest BCUT2D eigenvalue weighted by molar-refractivity contribution is 4.92. The molecule has 0 aliphatic carbocycles. The zero-order chi connectivity index (χ0) is 13.2. The van der Waals surface area contributed by atoms with E-state index in [4.69, 9.17) is 10.5 Å². The molecule has 0 bridgehead atoms. The number of aliphatic hydroxyl groups is 1. The van der Waals surface area contributed by atoms with E-state index in [2.05, 4.69) is 39.5 Å². The number of nitrogens with two attached hydrogens (primary N) is 1. The topological polar surface area (TPSA) is 58.7 Å². The van der Waals surface area contributed by atoms with E-state index in [0.717, 1.165) is 13.1 Å². The van der Waals surface area contributed by atoms with Gasteiger partial charge in [0.25, 0.3) is 0 Å². The lowest BCUT2D eigenvalue weighted by Crippen LogP contribution is -2.60. The Balaban J connectivity index is 2.73. The second-order valence-corrected chi connectivity index (χ2v) is 6.35. The summed E-state index contributed by atoms with van der Waals surface area (Å²) in [6.45, 7) is 12.3. The Labute approximate surface area is 105 Å². The van der Waals surface area contributed by atoms with Crippen molar-refractivity contribution in [3.05, 3.63) is 0 Å². The number of rotatable bonds is 3. The van der Waals surface area contributed by atoms with Gasteiger partial charge in [0, 0.05) is 25.2 Å².